The number of thiazole rings is 1. The predicted molar refractivity (Wildman–Crippen MR) is 104 cm³/mol. The number of aromatic nitrogens is 1. The number of benzene rings is 1. The summed E-state index contributed by atoms with van der Waals surface area (Å²) in [4.78, 5) is 28.6. The van der Waals surface area contributed by atoms with E-state index in [1.54, 1.807) is 12.1 Å². The zero-order valence-electron chi connectivity index (χ0n) is 13.8. The van der Waals surface area contributed by atoms with Gasteiger partial charge in [-0.05, 0) is 46.3 Å². The highest BCUT2D eigenvalue weighted by atomic mass is 79.9. The summed E-state index contributed by atoms with van der Waals surface area (Å²) in [5, 5.41) is 5.31. The molecule has 0 aliphatic heterocycles. The second-order valence-electron chi connectivity index (χ2n) is 5.39. The molecule has 1 aromatic carbocycles. The van der Waals surface area contributed by atoms with Crippen LogP contribution in [0.3, 0.4) is 0 Å². The summed E-state index contributed by atoms with van der Waals surface area (Å²) in [5.74, 6) is -0.793. The molecule has 12 heteroatoms. The molecule has 2 amide bonds. The number of thiophene rings is 1. The van der Waals surface area contributed by atoms with Gasteiger partial charge in [-0.2, -0.15) is 13.2 Å². The third-order valence-corrected chi connectivity index (χ3v) is 5.77. The first-order valence-corrected chi connectivity index (χ1v) is 10.1. The summed E-state index contributed by atoms with van der Waals surface area (Å²) >= 11 is 5.58. The summed E-state index contributed by atoms with van der Waals surface area (Å²) < 4.78 is 42.7. The molecule has 0 atom stereocenters. The Morgan fingerprint density at radius 2 is 1.96 bits per heavy atom. The van der Waals surface area contributed by atoms with Crippen LogP contribution in [0.15, 0.2) is 34.1 Å². The highest BCUT2D eigenvalue weighted by Crippen LogP contribution is 2.30. The van der Waals surface area contributed by atoms with Crippen LogP contribution in [0.2, 0.25) is 0 Å². The molecule has 0 radical (unpaired) electrons. The maximum atomic E-state index is 12.2. The average molecular weight is 494 g/mol. The van der Waals surface area contributed by atoms with Gasteiger partial charge in [0.2, 0.25) is 5.91 Å². The number of halogens is 4. The molecule has 0 spiro atoms. The minimum absolute atomic E-state index is 0.0562. The van der Waals surface area contributed by atoms with Crippen molar-refractivity contribution in [1.82, 2.24) is 10.3 Å². The third kappa shape index (κ3) is 5.66. The van der Waals surface area contributed by atoms with E-state index in [0.29, 0.717) is 15.1 Å². The number of anilines is 1. The second-order valence-corrected chi connectivity index (χ2v) is 8.88. The van der Waals surface area contributed by atoms with Gasteiger partial charge < -0.3 is 15.4 Å². The Morgan fingerprint density at radius 1 is 1.18 bits per heavy atom. The number of hydrogen-bond donors (Lipinski definition) is 2. The van der Waals surface area contributed by atoms with Gasteiger partial charge in [-0.15, -0.1) is 11.3 Å². The molecule has 0 saturated heterocycles. The monoisotopic (exact) mass is 493 g/mol. The van der Waals surface area contributed by atoms with Crippen LogP contribution >= 0.6 is 38.6 Å². The van der Waals surface area contributed by atoms with Crippen molar-refractivity contribution >= 4 is 65.8 Å². The zero-order chi connectivity index (χ0) is 20.3. The van der Waals surface area contributed by atoms with E-state index in [4.69, 9.17) is 4.74 Å². The van der Waals surface area contributed by atoms with Crippen molar-refractivity contribution in [3.63, 3.8) is 0 Å². The van der Waals surface area contributed by atoms with Crippen LogP contribution in [0.5, 0.6) is 5.75 Å². The topological polar surface area (TPSA) is 80.3 Å². The number of nitrogens with one attached hydrogen (secondary N) is 2. The van der Waals surface area contributed by atoms with Crippen LogP contribution in [0.4, 0.5) is 18.3 Å². The molecule has 2 N–H and O–H groups in total. The maximum absolute atomic E-state index is 12.2. The smallest absolute Gasteiger partial charge is 0.422 e. The lowest BCUT2D eigenvalue weighted by molar-refractivity contribution is -0.153. The minimum Gasteiger partial charge on any atom is -0.484 e. The van der Waals surface area contributed by atoms with Gasteiger partial charge in [0.15, 0.2) is 11.7 Å². The average Bonchev–Trinajstić information content (AvgIpc) is 3.22. The second kappa shape index (κ2) is 8.45. The van der Waals surface area contributed by atoms with Crippen molar-refractivity contribution < 1.29 is 27.5 Å². The number of rotatable bonds is 6. The fraction of sp³-hybridized carbons (Fsp3) is 0.188. The minimum atomic E-state index is -4.43. The molecule has 3 rings (SSSR count). The number of alkyl halides is 3. The first-order chi connectivity index (χ1) is 13.2. The van der Waals surface area contributed by atoms with Gasteiger partial charge in [-0.1, -0.05) is 11.3 Å². The van der Waals surface area contributed by atoms with E-state index >= 15 is 0 Å². The summed E-state index contributed by atoms with van der Waals surface area (Å²) in [6, 6.07) is 7.66. The molecule has 2 aromatic heterocycles. The highest BCUT2D eigenvalue weighted by molar-refractivity contribution is 9.11. The van der Waals surface area contributed by atoms with E-state index in [1.807, 2.05) is 0 Å². The van der Waals surface area contributed by atoms with E-state index in [0.717, 1.165) is 15.1 Å². The number of ether oxygens (including phenoxy) is 1. The molecule has 3 aromatic rings. The molecule has 148 valence electrons. The molecule has 0 unspecified atom stereocenters. The van der Waals surface area contributed by atoms with Crippen LogP contribution in [-0.4, -0.2) is 36.1 Å². The normalized spacial score (nSPS) is 11.4. The van der Waals surface area contributed by atoms with Crippen molar-refractivity contribution in [3.8, 4) is 5.75 Å². The molecule has 0 saturated carbocycles. The van der Waals surface area contributed by atoms with Crippen molar-refractivity contribution in [2.24, 2.45) is 0 Å². The van der Waals surface area contributed by atoms with Gasteiger partial charge in [0, 0.05) is 0 Å². The van der Waals surface area contributed by atoms with Crippen LogP contribution in [0, 0.1) is 0 Å². The fourth-order valence-electron chi connectivity index (χ4n) is 2.06. The van der Waals surface area contributed by atoms with Crippen LogP contribution < -0.4 is 15.4 Å². The molecular weight excluding hydrogens is 483 g/mol. The Morgan fingerprint density at radius 3 is 2.64 bits per heavy atom. The maximum Gasteiger partial charge on any atom is 0.422 e. The Hall–Kier alpha value is -2.18. The third-order valence-electron chi connectivity index (χ3n) is 3.22. The standard InChI is InChI=1S/C16H11BrF3N3O3S2/c17-12-4-3-10(27-12)14(25)21-6-13(24)23-15-22-9-2-1-8(5-11(9)28-15)26-7-16(18,19)20/h1-5H,6-7H2,(H,21,25)(H,22,23,24). The Balaban J connectivity index is 1.57. The fourth-order valence-corrected chi connectivity index (χ4v) is 4.27. The van der Waals surface area contributed by atoms with Crippen LogP contribution in [0.1, 0.15) is 9.67 Å². The predicted octanol–water partition coefficient (Wildman–Crippen LogP) is 4.43. The Bertz CT molecular complexity index is 1020. The SMILES string of the molecule is O=C(CNC(=O)c1ccc(Br)s1)Nc1nc2ccc(OCC(F)(F)F)cc2s1. The number of nitrogens with zero attached hydrogens (tertiary/aromatic N) is 1. The highest BCUT2D eigenvalue weighted by Gasteiger charge is 2.28. The number of carbonyl (C=O) groups is 2. The molecule has 0 aliphatic rings. The van der Waals surface area contributed by atoms with E-state index in [9.17, 15) is 22.8 Å². The number of amides is 2. The van der Waals surface area contributed by atoms with Gasteiger partial charge in [-0.25, -0.2) is 4.98 Å². The largest absolute Gasteiger partial charge is 0.484 e. The molecule has 6 nitrogen and oxygen atoms in total. The van der Waals surface area contributed by atoms with E-state index < -0.39 is 18.7 Å². The summed E-state index contributed by atoms with van der Waals surface area (Å²) in [5.41, 5.74) is 0.507. The summed E-state index contributed by atoms with van der Waals surface area (Å²) in [6.45, 7) is -1.63. The first kappa shape index (κ1) is 20.6. The van der Waals surface area contributed by atoms with Crippen molar-refractivity contribution in [2.45, 2.75) is 6.18 Å². The van der Waals surface area contributed by atoms with Gasteiger partial charge in [-0.3, -0.25) is 9.59 Å². The number of fused-ring (bicyclic) bond motifs is 1. The Kier molecular flexibility index (Phi) is 6.20. The van der Waals surface area contributed by atoms with Crippen molar-refractivity contribution in [1.29, 1.82) is 0 Å². The molecule has 0 bridgehead atoms. The lowest BCUT2D eigenvalue weighted by Crippen LogP contribution is -2.32. The molecule has 2 heterocycles. The summed E-state index contributed by atoms with van der Waals surface area (Å²) in [6.07, 6.45) is -4.43. The number of hydrogen-bond acceptors (Lipinski definition) is 6. The van der Waals surface area contributed by atoms with Gasteiger partial charge in [0.1, 0.15) is 5.75 Å². The quantitative estimate of drug-likeness (QED) is 0.532. The van der Waals surface area contributed by atoms with Gasteiger partial charge >= 0.3 is 6.18 Å². The van der Waals surface area contributed by atoms with Crippen molar-refractivity contribution in [2.75, 3.05) is 18.5 Å². The van der Waals surface area contributed by atoms with Crippen molar-refractivity contribution in [3.05, 3.63) is 39.0 Å². The van der Waals surface area contributed by atoms with Gasteiger partial charge in [0.05, 0.1) is 25.4 Å². The van der Waals surface area contributed by atoms with Crippen LogP contribution in [-0.2, 0) is 4.79 Å². The van der Waals surface area contributed by atoms with E-state index in [-0.39, 0.29) is 23.3 Å². The first-order valence-electron chi connectivity index (χ1n) is 7.63. The molecule has 0 aliphatic carbocycles. The Labute approximate surface area is 172 Å². The van der Waals surface area contributed by atoms with E-state index in [1.165, 1.54) is 29.5 Å². The van der Waals surface area contributed by atoms with Crippen LogP contribution in [0.25, 0.3) is 10.2 Å². The summed E-state index contributed by atoms with van der Waals surface area (Å²) in [7, 11) is 0. The van der Waals surface area contributed by atoms with Gasteiger partial charge in [0.25, 0.3) is 5.91 Å². The lowest BCUT2D eigenvalue weighted by atomic mass is 10.3. The zero-order valence-corrected chi connectivity index (χ0v) is 17.0. The molecule has 0 fully saturated rings. The molecular formula is C16H11BrF3N3O3S2. The van der Waals surface area contributed by atoms with E-state index in [2.05, 4.69) is 31.5 Å². The lowest BCUT2D eigenvalue weighted by Gasteiger charge is -2.08. The molecule has 28 heavy (non-hydrogen) atoms. The number of carbonyl (C=O) groups excluding carboxylic acids is 2.